The number of methoxy groups -OCH3 is 1. The van der Waals surface area contributed by atoms with Crippen LogP contribution in [0.15, 0.2) is 21.6 Å². The number of sulfonamides is 1. The average molecular weight is 388 g/mol. The van der Waals surface area contributed by atoms with Crippen molar-refractivity contribution >= 4 is 21.9 Å². The second-order valence-corrected chi connectivity index (χ2v) is 8.04. The summed E-state index contributed by atoms with van der Waals surface area (Å²) in [5.41, 5.74) is 0. The zero-order chi connectivity index (χ0) is 19.3. The summed E-state index contributed by atoms with van der Waals surface area (Å²) in [6.45, 7) is 2.73. The number of hydrogen-bond acceptors (Lipinski definition) is 6. The molecule has 1 fully saturated rings. The van der Waals surface area contributed by atoms with Gasteiger partial charge in [-0.25, -0.2) is 13.2 Å². The first kappa shape index (κ1) is 20.4. The average Bonchev–Trinajstić information content (AvgIpc) is 3.12. The van der Waals surface area contributed by atoms with Crippen LogP contribution in [-0.2, 0) is 19.6 Å². The number of furan rings is 1. The van der Waals surface area contributed by atoms with Gasteiger partial charge in [-0.05, 0) is 31.4 Å². The van der Waals surface area contributed by atoms with E-state index in [-0.39, 0.29) is 31.0 Å². The van der Waals surface area contributed by atoms with Gasteiger partial charge in [-0.15, -0.1) is 0 Å². The Hall–Kier alpha value is -1.91. The summed E-state index contributed by atoms with van der Waals surface area (Å²) in [4.78, 5) is 23.2. The monoisotopic (exact) mass is 388 g/mol. The summed E-state index contributed by atoms with van der Waals surface area (Å²) in [7, 11) is -2.34. The van der Waals surface area contributed by atoms with Gasteiger partial charge in [0.1, 0.15) is 0 Å². The first-order chi connectivity index (χ1) is 12.3. The highest BCUT2D eigenvalue weighted by Crippen LogP contribution is 2.25. The van der Waals surface area contributed by atoms with E-state index in [1.54, 1.807) is 7.11 Å². The number of carbonyl (C=O) groups excluding carboxylic acids is 1. The molecular formula is C16H24N2O7S. The molecule has 146 valence electrons. The topological polar surface area (TPSA) is 126 Å². The maximum Gasteiger partial charge on any atom is 0.371 e. The van der Waals surface area contributed by atoms with Crippen molar-refractivity contribution < 1.29 is 32.3 Å². The van der Waals surface area contributed by atoms with Crippen LogP contribution in [0.2, 0.25) is 0 Å². The molecule has 1 aliphatic heterocycles. The molecule has 1 saturated heterocycles. The second-order valence-electron chi connectivity index (χ2n) is 6.17. The summed E-state index contributed by atoms with van der Waals surface area (Å²) in [5, 5.41) is 11.4. The number of carbonyl (C=O) groups is 2. The van der Waals surface area contributed by atoms with Crippen LogP contribution in [0, 0.1) is 5.92 Å². The lowest BCUT2D eigenvalue weighted by Crippen LogP contribution is -2.46. The van der Waals surface area contributed by atoms with Gasteiger partial charge in [-0.1, -0.05) is 6.92 Å². The molecule has 1 aliphatic rings. The number of rotatable bonds is 8. The first-order valence-corrected chi connectivity index (χ1v) is 9.86. The number of aromatic carboxylic acids is 1. The van der Waals surface area contributed by atoms with Crippen LogP contribution < -0.4 is 5.32 Å². The second kappa shape index (κ2) is 8.65. The Balaban J connectivity index is 1.96. The van der Waals surface area contributed by atoms with Gasteiger partial charge in [0.15, 0.2) is 0 Å². The van der Waals surface area contributed by atoms with Gasteiger partial charge >= 0.3 is 5.97 Å². The Morgan fingerprint density at radius 3 is 2.54 bits per heavy atom. The minimum absolute atomic E-state index is 0.0631. The molecule has 0 radical (unpaired) electrons. The van der Waals surface area contributed by atoms with Gasteiger partial charge in [0.25, 0.3) is 10.0 Å². The minimum atomic E-state index is -3.91. The van der Waals surface area contributed by atoms with Crippen LogP contribution in [0.4, 0.5) is 0 Å². The van der Waals surface area contributed by atoms with Crippen molar-refractivity contribution in [1.82, 2.24) is 9.62 Å². The molecule has 1 aromatic rings. The number of nitrogens with one attached hydrogen (secondary N) is 1. The van der Waals surface area contributed by atoms with Crippen LogP contribution in [0.5, 0.6) is 0 Å². The van der Waals surface area contributed by atoms with Gasteiger partial charge in [0.2, 0.25) is 16.8 Å². The van der Waals surface area contributed by atoms with E-state index < -0.39 is 26.8 Å². The number of carboxylic acid groups (broad SMARTS) is 1. The maximum absolute atomic E-state index is 12.5. The highest BCUT2D eigenvalue weighted by molar-refractivity contribution is 7.89. The highest BCUT2D eigenvalue weighted by Gasteiger charge is 2.34. The molecule has 1 atom stereocenters. The van der Waals surface area contributed by atoms with E-state index in [9.17, 15) is 18.0 Å². The highest BCUT2D eigenvalue weighted by atomic mass is 32.2. The van der Waals surface area contributed by atoms with E-state index in [1.807, 2.05) is 6.92 Å². The van der Waals surface area contributed by atoms with E-state index >= 15 is 0 Å². The molecule has 2 rings (SSSR count). The third-order valence-corrected chi connectivity index (χ3v) is 6.19. The summed E-state index contributed by atoms with van der Waals surface area (Å²) in [6, 6.07) is 2.18. The lowest BCUT2D eigenvalue weighted by Gasteiger charge is -2.30. The smallest absolute Gasteiger partial charge is 0.371 e. The number of nitrogens with zero attached hydrogens (tertiary/aromatic N) is 1. The first-order valence-electron chi connectivity index (χ1n) is 8.42. The van der Waals surface area contributed by atoms with E-state index in [0.717, 1.165) is 18.6 Å². The lowest BCUT2D eigenvalue weighted by atomic mass is 9.97. The van der Waals surface area contributed by atoms with Crippen molar-refractivity contribution in [2.24, 2.45) is 5.92 Å². The molecule has 2 N–H and O–H groups in total. The van der Waals surface area contributed by atoms with Crippen LogP contribution in [-0.4, -0.2) is 62.6 Å². The Labute approximate surface area is 152 Å². The molecule has 1 unspecified atom stereocenters. The summed E-state index contributed by atoms with van der Waals surface area (Å²) in [5.74, 6) is -2.12. The molecule has 0 aromatic carbocycles. The largest absolute Gasteiger partial charge is 0.475 e. The zero-order valence-electron chi connectivity index (χ0n) is 14.8. The molecule has 1 amide bonds. The maximum atomic E-state index is 12.5. The van der Waals surface area contributed by atoms with Crippen LogP contribution in [0.1, 0.15) is 36.7 Å². The van der Waals surface area contributed by atoms with E-state index in [2.05, 4.69) is 5.32 Å². The number of ether oxygens (including phenoxy) is 1. The molecule has 0 aliphatic carbocycles. The summed E-state index contributed by atoms with van der Waals surface area (Å²) >= 11 is 0. The third kappa shape index (κ3) is 4.63. The van der Waals surface area contributed by atoms with Crippen molar-refractivity contribution in [3.8, 4) is 0 Å². The fraction of sp³-hybridized carbons (Fsp3) is 0.625. The number of piperidine rings is 1. The fourth-order valence-corrected chi connectivity index (χ4v) is 4.22. The van der Waals surface area contributed by atoms with Gasteiger partial charge < -0.3 is 19.6 Å². The standard InChI is InChI=1S/C16H24N2O7S/c1-3-12(10-24-2)17-15(19)11-6-8-18(9-7-11)26(22,23)14-5-4-13(25-14)16(20)21/h4-5,11-12H,3,6-10H2,1-2H3,(H,17,19)(H,20,21). The Morgan fingerprint density at radius 1 is 1.38 bits per heavy atom. The van der Waals surface area contributed by atoms with Gasteiger partial charge in [-0.3, -0.25) is 4.79 Å². The third-order valence-electron chi connectivity index (χ3n) is 4.42. The Morgan fingerprint density at radius 2 is 2.04 bits per heavy atom. The quantitative estimate of drug-likeness (QED) is 0.678. The summed E-state index contributed by atoms with van der Waals surface area (Å²) < 4.78 is 36.2. The molecular weight excluding hydrogens is 364 g/mol. The molecule has 1 aromatic heterocycles. The van der Waals surface area contributed by atoms with Crippen LogP contribution in [0.25, 0.3) is 0 Å². The number of hydrogen-bond donors (Lipinski definition) is 2. The molecule has 9 nitrogen and oxygen atoms in total. The van der Waals surface area contributed by atoms with Crippen molar-refractivity contribution in [2.75, 3.05) is 26.8 Å². The molecule has 10 heteroatoms. The molecule has 0 saturated carbocycles. The molecule has 0 spiro atoms. The van der Waals surface area contributed by atoms with E-state index in [4.69, 9.17) is 14.3 Å². The van der Waals surface area contributed by atoms with Crippen molar-refractivity contribution in [2.45, 2.75) is 37.3 Å². The molecule has 26 heavy (non-hydrogen) atoms. The van der Waals surface area contributed by atoms with Gasteiger partial charge in [0.05, 0.1) is 12.6 Å². The van der Waals surface area contributed by atoms with Crippen LogP contribution >= 0.6 is 0 Å². The predicted octanol–water partition coefficient (Wildman–Crippen LogP) is 0.920. The van der Waals surface area contributed by atoms with E-state index in [0.29, 0.717) is 19.4 Å². The van der Waals surface area contributed by atoms with Crippen molar-refractivity contribution in [3.63, 3.8) is 0 Å². The van der Waals surface area contributed by atoms with Gasteiger partial charge in [-0.2, -0.15) is 4.31 Å². The minimum Gasteiger partial charge on any atom is -0.475 e. The van der Waals surface area contributed by atoms with Crippen LogP contribution in [0.3, 0.4) is 0 Å². The predicted molar refractivity (Wildman–Crippen MR) is 91.2 cm³/mol. The van der Waals surface area contributed by atoms with E-state index in [1.165, 1.54) is 4.31 Å². The lowest BCUT2D eigenvalue weighted by molar-refractivity contribution is -0.127. The normalized spacial score (nSPS) is 17.8. The van der Waals surface area contributed by atoms with Crippen molar-refractivity contribution in [1.29, 1.82) is 0 Å². The fourth-order valence-electron chi connectivity index (χ4n) is 2.84. The molecule has 2 heterocycles. The Kier molecular flexibility index (Phi) is 6.79. The Bertz CT molecular complexity index is 736. The van der Waals surface area contributed by atoms with Gasteiger partial charge in [0, 0.05) is 26.1 Å². The summed E-state index contributed by atoms with van der Waals surface area (Å²) in [6.07, 6.45) is 1.53. The zero-order valence-corrected chi connectivity index (χ0v) is 15.6. The van der Waals surface area contributed by atoms with Crippen molar-refractivity contribution in [3.05, 3.63) is 17.9 Å². The number of carboxylic acids is 1. The molecule has 0 bridgehead atoms. The number of amides is 1. The SMILES string of the molecule is CCC(COC)NC(=O)C1CCN(S(=O)(=O)c2ccc(C(=O)O)o2)CC1.